The van der Waals surface area contributed by atoms with E-state index in [1.54, 1.807) is 19.1 Å². The highest BCUT2D eigenvalue weighted by Gasteiger charge is 2.54. The molecule has 15 nitrogen and oxygen atoms in total. The summed E-state index contributed by atoms with van der Waals surface area (Å²) in [6.45, 7) is 1.76. The predicted molar refractivity (Wildman–Crippen MR) is 166 cm³/mol. The first-order valence-electron chi connectivity index (χ1n) is 14.1. The number of hydrogen-bond acceptors (Lipinski definition) is 11. The molecule has 0 bridgehead atoms. The van der Waals surface area contributed by atoms with Crippen molar-refractivity contribution in [1.82, 2.24) is 10.2 Å². The minimum absolute atomic E-state index is 0.0437. The number of nitrogens with one attached hydrogen (secondary N) is 1. The Labute approximate surface area is 292 Å². The van der Waals surface area contributed by atoms with Crippen molar-refractivity contribution >= 4 is 47.5 Å². The van der Waals surface area contributed by atoms with Crippen LogP contribution < -0.4 is 21.5 Å². The number of amides is 2. The number of alkyl halides is 6. The Balaban J connectivity index is 0.000000564. The number of aromatic hydroxyl groups is 1. The second-order valence-electron chi connectivity index (χ2n) is 10.2. The standard InChI is InChI=1S/C26H26N4O7S.2C2HF3O2/c1-2-3-15-12-38-24-20(23(33)30(24)21(15)25(34)35)29-22(32)18(27)13-6-10-17(11-7-13)37-26(36)19(28)14-4-8-16(31)9-5-14;2*3-2(4,5)1(6)7/h2-11,18-20,24,31H,12,27-28H2,1H3,(H,29,32)(H,34,35);2*(H,6,7)/b3-2-;;/t18-,19-,20-,24-;;/m1../s1. The van der Waals surface area contributed by atoms with Crippen LogP contribution in [-0.2, 0) is 28.8 Å². The molecule has 2 aliphatic heterocycles. The van der Waals surface area contributed by atoms with Crippen LogP contribution in [0.5, 0.6) is 11.5 Å². The molecule has 1 fully saturated rings. The number of aliphatic carboxylic acids is 3. The third-order valence-electron chi connectivity index (χ3n) is 6.60. The molecule has 52 heavy (non-hydrogen) atoms. The summed E-state index contributed by atoms with van der Waals surface area (Å²) >= 11 is 1.36. The fourth-order valence-corrected chi connectivity index (χ4v) is 5.43. The van der Waals surface area contributed by atoms with Gasteiger partial charge in [0.15, 0.2) is 0 Å². The van der Waals surface area contributed by atoms with Crippen LogP contribution in [0.3, 0.4) is 0 Å². The number of nitrogens with zero attached hydrogens (tertiary/aromatic N) is 1. The fraction of sp³-hybridized carbons (Fsp3) is 0.267. The molecule has 0 radical (unpaired) electrons. The number of phenolic OH excluding ortho intramolecular Hbond substituents is 1. The number of fused-ring (bicyclic) bond motifs is 1. The molecular weight excluding hydrogens is 738 g/mol. The normalized spacial score (nSPS) is 17.9. The molecule has 282 valence electrons. The van der Waals surface area contributed by atoms with E-state index >= 15 is 0 Å². The molecule has 2 heterocycles. The quantitative estimate of drug-likeness (QED) is 0.0882. The Kier molecular flexibility index (Phi) is 14.4. The van der Waals surface area contributed by atoms with Gasteiger partial charge < -0.3 is 41.9 Å². The Morgan fingerprint density at radius 2 is 1.35 bits per heavy atom. The smallest absolute Gasteiger partial charge is 0.490 e. The molecule has 0 aliphatic carbocycles. The van der Waals surface area contributed by atoms with Crippen molar-refractivity contribution in [3.05, 3.63) is 83.1 Å². The van der Waals surface area contributed by atoms with Crippen molar-refractivity contribution in [3.8, 4) is 11.5 Å². The number of thioether (sulfide) groups is 1. The van der Waals surface area contributed by atoms with E-state index in [0.29, 0.717) is 22.5 Å². The number of β-lactam (4-membered cyclic amide) rings is 1. The molecule has 4 rings (SSSR count). The fourth-order valence-electron chi connectivity index (χ4n) is 4.11. The number of halogens is 6. The first kappa shape index (κ1) is 42.6. The van der Waals surface area contributed by atoms with Crippen LogP contribution in [-0.4, -0.2) is 90.5 Å². The zero-order valence-corrected chi connectivity index (χ0v) is 27.0. The topological polar surface area (TPSA) is 260 Å². The van der Waals surface area contributed by atoms with Crippen LogP contribution in [0.4, 0.5) is 26.3 Å². The molecule has 9 N–H and O–H groups in total. The number of carbonyl (C=O) groups is 6. The van der Waals surface area contributed by atoms with E-state index in [1.165, 1.54) is 65.2 Å². The third kappa shape index (κ3) is 11.2. The lowest BCUT2D eigenvalue weighted by Crippen LogP contribution is -2.71. The number of benzene rings is 2. The van der Waals surface area contributed by atoms with Gasteiger partial charge in [-0.05, 0) is 47.9 Å². The molecule has 4 atom stereocenters. The summed E-state index contributed by atoms with van der Waals surface area (Å²) in [5.41, 5.74) is 13.3. The molecule has 0 unspecified atom stereocenters. The summed E-state index contributed by atoms with van der Waals surface area (Å²) in [4.78, 5) is 68.7. The zero-order valence-electron chi connectivity index (χ0n) is 26.2. The van der Waals surface area contributed by atoms with E-state index in [4.69, 9.17) is 36.0 Å². The molecule has 0 saturated carbocycles. The van der Waals surface area contributed by atoms with Gasteiger partial charge in [0.25, 0.3) is 5.91 Å². The number of nitrogens with two attached hydrogens (primary N) is 2. The highest BCUT2D eigenvalue weighted by molar-refractivity contribution is 8.00. The molecule has 2 aliphatic rings. The lowest BCUT2D eigenvalue weighted by molar-refractivity contribution is -0.193. The minimum atomic E-state index is -5.08. The second-order valence-corrected chi connectivity index (χ2v) is 11.3. The summed E-state index contributed by atoms with van der Waals surface area (Å²) in [6, 6.07) is 8.71. The van der Waals surface area contributed by atoms with Gasteiger partial charge in [-0.3, -0.25) is 14.5 Å². The van der Waals surface area contributed by atoms with E-state index in [-0.39, 0.29) is 17.2 Å². The van der Waals surface area contributed by atoms with Crippen LogP contribution >= 0.6 is 11.8 Å². The molecule has 0 aromatic heterocycles. The van der Waals surface area contributed by atoms with Crippen molar-refractivity contribution in [2.24, 2.45) is 11.5 Å². The van der Waals surface area contributed by atoms with Gasteiger partial charge in [-0.1, -0.05) is 36.4 Å². The molecule has 1 saturated heterocycles. The van der Waals surface area contributed by atoms with Gasteiger partial charge >= 0.3 is 36.2 Å². The van der Waals surface area contributed by atoms with E-state index < -0.39 is 71.5 Å². The highest BCUT2D eigenvalue weighted by Crippen LogP contribution is 2.40. The lowest BCUT2D eigenvalue weighted by atomic mass is 10.0. The number of carboxylic acid groups (broad SMARTS) is 3. The minimum Gasteiger partial charge on any atom is -0.508 e. The summed E-state index contributed by atoms with van der Waals surface area (Å²) < 4.78 is 68.8. The molecule has 2 amide bonds. The molecular formula is C30H28F6N4O11S. The van der Waals surface area contributed by atoms with E-state index in [1.807, 2.05) is 0 Å². The number of esters is 1. The van der Waals surface area contributed by atoms with Crippen molar-refractivity contribution in [2.45, 2.75) is 42.8 Å². The zero-order chi connectivity index (χ0) is 39.7. The third-order valence-corrected chi connectivity index (χ3v) is 7.90. The van der Waals surface area contributed by atoms with Crippen molar-refractivity contribution in [1.29, 1.82) is 0 Å². The van der Waals surface area contributed by atoms with E-state index in [2.05, 4.69) is 5.32 Å². The second kappa shape index (κ2) is 17.5. The first-order valence-corrected chi connectivity index (χ1v) is 15.1. The molecule has 2 aromatic rings. The maximum Gasteiger partial charge on any atom is 0.490 e. The number of carbonyl (C=O) groups excluding carboxylic acids is 3. The van der Waals surface area contributed by atoms with E-state index in [0.717, 1.165) is 0 Å². The maximum absolute atomic E-state index is 12.8. The van der Waals surface area contributed by atoms with Crippen molar-refractivity contribution in [2.75, 3.05) is 5.75 Å². The van der Waals surface area contributed by atoms with Gasteiger partial charge in [0.05, 0.1) is 0 Å². The van der Waals surface area contributed by atoms with Gasteiger partial charge in [0.2, 0.25) is 5.91 Å². The van der Waals surface area contributed by atoms with Gasteiger partial charge in [0, 0.05) is 5.75 Å². The number of carboxylic acids is 3. The molecule has 22 heteroatoms. The van der Waals surface area contributed by atoms with Crippen LogP contribution in [0.15, 0.2) is 72.0 Å². The van der Waals surface area contributed by atoms with Crippen LogP contribution in [0.1, 0.15) is 30.1 Å². The monoisotopic (exact) mass is 766 g/mol. The van der Waals surface area contributed by atoms with Crippen LogP contribution in [0, 0.1) is 0 Å². The van der Waals surface area contributed by atoms with Gasteiger partial charge in [0.1, 0.15) is 40.7 Å². The number of hydrogen-bond donors (Lipinski definition) is 7. The summed E-state index contributed by atoms with van der Waals surface area (Å²) in [7, 11) is 0. The number of phenols is 1. The maximum atomic E-state index is 12.8. The van der Waals surface area contributed by atoms with Crippen LogP contribution in [0.25, 0.3) is 0 Å². The largest absolute Gasteiger partial charge is 0.508 e. The SMILES string of the molecule is C/C=C\C1=C(C(=O)O)N2C(=O)[C@@H](NC(=O)[C@H](N)c3ccc(OC(=O)[C@H](N)c4ccc(O)cc4)cc3)[C@H]2SC1.O=C(O)C(F)(F)F.O=C(O)C(F)(F)F. The molecule has 0 spiro atoms. The Bertz CT molecular complexity index is 1710. The van der Waals surface area contributed by atoms with Crippen molar-refractivity contribution < 1.29 is 80.3 Å². The van der Waals surface area contributed by atoms with Crippen molar-refractivity contribution in [3.63, 3.8) is 0 Å². The summed E-state index contributed by atoms with van der Waals surface area (Å²) in [5.74, 6) is -7.94. The average molecular weight is 767 g/mol. The number of rotatable bonds is 8. The Morgan fingerprint density at radius 1 is 0.885 bits per heavy atom. The first-order chi connectivity index (χ1) is 24.0. The lowest BCUT2D eigenvalue weighted by Gasteiger charge is -2.49. The van der Waals surface area contributed by atoms with Gasteiger partial charge in [-0.15, -0.1) is 11.8 Å². The molecule has 2 aromatic carbocycles. The number of ether oxygens (including phenoxy) is 1. The number of allylic oxidation sites excluding steroid dienone is 2. The average Bonchev–Trinajstić information content (AvgIpc) is 3.06. The Hall–Kier alpha value is -5.61. The van der Waals surface area contributed by atoms with Crippen LogP contribution in [0.2, 0.25) is 0 Å². The Morgan fingerprint density at radius 3 is 1.79 bits per heavy atom. The van der Waals surface area contributed by atoms with Gasteiger partial charge in [-0.2, -0.15) is 26.3 Å². The summed E-state index contributed by atoms with van der Waals surface area (Å²) in [6.07, 6.45) is -6.80. The van der Waals surface area contributed by atoms with Gasteiger partial charge in [-0.25, -0.2) is 19.2 Å². The summed E-state index contributed by atoms with van der Waals surface area (Å²) in [5, 5.41) is 35.3. The highest BCUT2D eigenvalue weighted by atomic mass is 32.2. The predicted octanol–water partition coefficient (Wildman–Crippen LogP) is 2.58. The van der Waals surface area contributed by atoms with E-state index in [9.17, 15) is 55.7 Å².